The summed E-state index contributed by atoms with van der Waals surface area (Å²) in [4.78, 5) is 20.4. The normalized spacial score (nSPS) is 16.1. The Morgan fingerprint density at radius 1 is 1.16 bits per heavy atom. The Labute approximate surface area is 181 Å². The Morgan fingerprint density at radius 3 is 2.68 bits per heavy atom. The molecule has 0 spiro atoms. The molecule has 3 aromatic rings. The number of hydrogen-bond acceptors (Lipinski definition) is 4. The fraction of sp³-hybridized carbons (Fsp3) is 0.280. The van der Waals surface area contributed by atoms with Crippen LogP contribution in [0.4, 0.5) is 10.2 Å². The van der Waals surface area contributed by atoms with Gasteiger partial charge in [0.1, 0.15) is 17.2 Å². The van der Waals surface area contributed by atoms with E-state index in [1.165, 1.54) is 17.7 Å². The van der Waals surface area contributed by atoms with Gasteiger partial charge in [0, 0.05) is 31.9 Å². The highest BCUT2D eigenvalue weighted by atomic mass is 19.1. The lowest BCUT2D eigenvalue weighted by Gasteiger charge is -2.29. The Hall–Kier alpha value is -3.25. The predicted octanol–water partition coefficient (Wildman–Crippen LogP) is 4.69. The predicted molar refractivity (Wildman–Crippen MR) is 120 cm³/mol. The second-order valence-electron chi connectivity index (χ2n) is 7.80. The van der Waals surface area contributed by atoms with Crippen molar-refractivity contribution in [2.75, 3.05) is 24.5 Å². The van der Waals surface area contributed by atoms with Gasteiger partial charge in [-0.2, -0.15) is 0 Å². The van der Waals surface area contributed by atoms with Gasteiger partial charge in [-0.1, -0.05) is 43.3 Å². The number of carboxylic acids is 1. The number of aromatic nitrogens is 1. The molecule has 0 bridgehead atoms. The van der Waals surface area contributed by atoms with Crippen molar-refractivity contribution in [3.05, 3.63) is 83.8 Å². The number of benzene rings is 2. The molecule has 1 aliphatic rings. The number of anilines is 1. The zero-order valence-corrected chi connectivity index (χ0v) is 17.5. The summed E-state index contributed by atoms with van der Waals surface area (Å²) in [7, 11) is 0. The van der Waals surface area contributed by atoms with Crippen molar-refractivity contribution in [2.45, 2.75) is 25.9 Å². The molecule has 1 fully saturated rings. The molecule has 1 atom stereocenters. The zero-order chi connectivity index (χ0) is 21.8. The lowest BCUT2D eigenvalue weighted by Crippen LogP contribution is -2.37. The standard InChI is InChI=1S/C25H26FN3O2/c1-2-28(16-19-6-3-4-7-22(19)18-9-11-20(26)12-10-18)21-13-15-29(17-21)24-23(25(30)31)8-5-14-27-24/h3-12,14,21H,2,13,15-17H2,1H3,(H,30,31)/t21-/m1/s1. The molecule has 2 aromatic carbocycles. The van der Waals surface area contributed by atoms with E-state index in [0.29, 0.717) is 11.9 Å². The summed E-state index contributed by atoms with van der Waals surface area (Å²) in [6, 6.07) is 18.4. The van der Waals surface area contributed by atoms with Crippen LogP contribution in [-0.2, 0) is 6.54 Å². The first kappa shape index (κ1) is 21.0. The molecule has 1 N–H and O–H groups in total. The summed E-state index contributed by atoms with van der Waals surface area (Å²) in [6.45, 7) is 5.31. The third-order valence-electron chi connectivity index (χ3n) is 5.95. The van der Waals surface area contributed by atoms with Gasteiger partial charge in [-0.25, -0.2) is 14.2 Å². The Kier molecular flexibility index (Phi) is 6.28. The molecule has 2 heterocycles. The summed E-state index contributed by atoms with van der Waals surface area (Å²) < 4.78 is 13.4. The van der Waals surface area contributed by atoms with E-state index in [1.807, 2.05) is 24.3 Å². The van der Waals surface area contributed by atoms with Gasteiger partial charge in [-0.15, -0.1) is 0 Å². The van der Waals surface area contributed by atoms with E-state index < -0.39 is 5.97 Å². The molecule has 31 heavy (non-hydrogen) atoms. The number of aromatic carboxylic acids is 1. The second-order valence-corrected chi connectivity index (χ2v) is 7.80. The lowest BCUT2D eigenvalue weighted by atomic mass is 9.99. The van der Waals surface area contributed by atoms with Crippen LogP contribution in [0.3, 0.4) is 0 Å². The third-order valence-corrected chi connectivity index (χ3v) is 5.95. The van der Waals surface area contributed by atoms with Crippen LogP contribution in [0.5, 0.6) is 0 Å². The fourth-order valence-corrected chi connectivity index (χ4v) is 4.34. The molecule has 0 saturated carbocycles. The average molecular weight is 420 g/mol. The summed E-state index contributed by atoms with van der Waals surface area (Å²) in [5.41, 5.74) is 3.54. The van der Waals surface area contributed by atoms with Gasteiger partial charge >= 0.3 is 5.97 Å². The fourth-order valence-electron chi connectivity index (χ4n) is 4.34. The van der Waals surface area contributed by atoms with Crippen molar-refractivity contribution in [1.29, 1.82) is 0 Å². The van der Waals surface area contributed by atoms with Crippen LogP contribution in [0.25, 0.3) is 11.1 Å². The van der Waals surface area contributed by atoms with E-state index in [1.54, 1.807) is 18.3 Å². The summed E-state index contributed by atoms with van der Waals surface area (Å²) >= 11 is 0. The lowest BCUT2D eigenvalue weighted by molar-refractivity contribution is 0.0697. The molecule has 0 amide bonds. The van der Waals surface area contributed by atoms with E-state index in [-0.39, 0.29) is 11.4 Å². The SMILES string of the molecule is CCN(Cc1ccccc1-c1ccc(F)cc1)[C@@H]1CCN(c2ncccc2C(=O)O)C1. The van der Waals surface area contributed by atoms with E-state index in [2.05, 4.69) is 33.8 Å². The van der Waals surface area contributed by atoms with Gasteiger partial charge < -0.3 is 10.0 Å². The van der Waals surface area contributed by atoms with Crippen LogP contribution in [-0.4, -0.2) is 46.6 Å². The number of pyridine rings is 1. The maximum absolute atomic E-state index is 13.4. The zero-order valence-electron chi connectivity index (χ0n) is 17.5. The number of carbonyl (C=O) groups is 1. The first-order chi connectivity index (χ1) is 15.1. The van der Waals surface area contributed by atoms with Crippen LogP contribution in [0.1, 0.15) is 29.3 Å². The molecule has 6 heteroatoms. The number of halogens is 1. The molecule has 0 unspecified atom stereocenters. The minimum atomic E-state index is -0.952. The Balaban J connectivity index is 1.53. The maximum atomic E-state index is 13.4. The quantitative estimate of drug-likeness (QED) is 0.602. The van der Waals surface area contributed by atoms with E-state index in [4.69, 9.17) is 0 Å². The van der Waals surface area contributed by atoms with Crippen LogP contribution in [0, 0.1) is 5.82 Å². The van der Waals surface area contributed by atoms with Crippen LogP contribution in [0.15, 0.2) is 66.9 Å². The largest absolute Gasteiger partial charge is 0.478 e. The molecule has 5 nitrogen and oxygen atoms in total. The van der Waals surface area contributed by atoms with Crippen molar-refractivity contribution in [3.8, 4) is 11.1 Å². The molecular weight excluding hydrogens is 393 g/mol. The minimum absolute atomic E-state index is 0.238. The van der Waals surface area contributed by atoms with Gasteiger partial charge in [0.05, 0.1) is 0 Å². The van der Waals surface area contributed by atoms with Gasteiger partial charge in [0.2, 0.25) is 0 Å². The van der Waals surface area contributed by atoms with Crippen molar-refractivity contribution in [1.82, 2.24) is 9.88 Å². The van der Waals surface area contributed by atoms with Gasteiger partial charge in [0.25, 0.3) is 0 Å². The number of hydrogen-bond donors (Lipinski definition) is 1. The third kappa shape index (κ3) is 4.59. The van der Waals surface area contributed by atoms with Crippen molar-refractivity contribution in [3.63, 3.8) is 0 Å². The number of carboxylic acid groups (broad SMARTS) is 1. The minimum Gasteiger partial charge on any atom is -0.478 e. The molecule has 0 aliphatic carbocycles. The van der Waals surface area contributed by atoms with E-state index in [0.717, 1.165) is 43.7 Å². The molecule has 1 aliphatic heterocycles. The average Bonchev–Trinajstić information content (AvgIpc) is 3.28. The topological polar surface area (TPSA) is 56.7 Å². The Morgan fingerprint density at radius 2 is 1.94 bits per heavy atom. The van der Waals surface area contributed by atoms with Gasteiger partial charge in [0.15, 0.2) is 0 Å². The summed E-state index contributed by atoms with van der Waals surface area (Å²) in [5, 5.41) is 9.50. The molecular formula is C25H26FN3O2. The summed E-state index contributed by atoms with van der Waals surface area (Å²) in [6.07, 6.45) is 2.59. The summed E-state index contributed by atoms with van der Waals surface area (Å²) in [5.74, 6) is -0.648. The van der Waals surface area contributed by atoms with Crippen molar-refractivity contribution >= 4 is 11.8 Å². The van der Waals surface area contributed by atoms with Gasteiger partial charge in [-0.05, 0) is 53.9 Å². The first-order valence-corrected chi connectivity index (χ1v) is 10.6. The molecule has 4 rings (SSSR count). The maximum Gasteiger partial charge on any atom is 0.339 e. The smallest absolute Gasteiger partial charge is 0.339 e. The van der Waals surface area contributed by atoms with E-state index >= 15 is 0 Å². The van der Waals surface area contributed by atoms with Crippen LogP contribution >= 0.6 is 0 Å². The molecule has 0 radical (unpaired) electrons. The number of nitrogens with zero attached hydrogens (tertiary/aromatic N) is 3. The monoisotopic (exact) mass is 419 g/mol. The van der Waals surface area contributed by atoms with Crippen LogP contribution < -0.4 is 4.90 Å². The van der Waals surface area contributed by atoms with Crippen molar-refractivity contribution in [2.24, 2.45) is 0 Å². The second kappa shape index (κ2) is 9.27. The highest BCUT2D eigenvalue weighted by Crippen LogP contribution is 2.28. The van der Waals surface area contributed by atoms with E-state index in [9.17, 15) is 14.3 Å². The van der Waals surface area contributed by atoms with Crippen molar-refractivity contribution < 1.29 is 14.3 Å². The molecule has 1 aromatic heterocycles. The van der Waals surface area contributed by atoms with Gasteiger partial charge in [-0.3, -0.25) is 4.90 Å². The highest BCUT2D eigenvalue weighted by molar-refractivity contribution is 5.93. The number of likely N-dealkylation sites (N-methyl/N-ethyl adjacent to an activating group) is 1. The molecule has 1 saturated heterocycles. The molecule has 160 valence electrons. The highest BCUT2D eigenvalue weighted by Gasteiger charge is 2.30. The Bertz CT molecular complexity index is 1050. The number of rotatable bonds is 7. The first-order valence-electron chi connectivity index (χ1n) is 10.6. The van der Waals surface area contributed by atoms with Crippen LogP contribution in [0.2, 0.25) is 0 Å².